The first kappa shape index (κ1) is 12.0. The Labute approximate surface area is 102 Å². The molecule has 78 valence electrons. The van der Waals surface area contributed by atoms with Crippen molar-refractivity contribution in [1.82, 2.24) is 9.55 Å². The Bertz CT molecular complexity index is 378. The van der Waals surface area contributed by atoms with Crippen LogP contribution in [-0.2, 0) is 6.54 Å². The summed E-state index contributed by atoms with van der Waals surface area (Å²) < 4.78 is 2.32. The summed E-state index contributed by atoms with van der Waals surface area (Å²) in [6.45, 7) is 4.48. The zero-order valence-electron chi connectivity index (χ0n) is 8.13. The van der Waals surface area contributed by atoms with Gasteiger partial charge in [0.1, 0.15) is 5.82 Å². The first-order valence-electron chi connectivity index (χ1n) is 4.34. The molecule has 1 unspecified atom stereocenters. The van der Waals surface area contributed by atoms with Crippen LogP contribution in [0.2, 0.25) is 0 Å². The van der Waals surface area contributed by atoms with Crippen LogP contribution in [0.25, 0.3) is 0 Å². The fourth-order valence-corrected chi connectivity index (χ4v) is 1.65. The van der Waals surface area contributed by atoms with Crippen molar-refractivity contribution in [1.29, 1.82) is 0 Å². The van der Waals surface area contributed by atoms with E-state index in [9.17, 15) is 4.79 Å². The highest BCUT2D eigenvalue weighted by Gasteiger charge is 2.08. The first-order chi connectivity index (χ1) is 6.56. The molecule has 0 aromatic carbocycles. The van der Waals surface area contributed by atoms with E-state index >= 15 is 0 Å². The predicted octanol–water partition coefficient (Wildman–Crippen LogP) is 2.03. The number of hydrogen-bond acceptors (Lipinski definition) is 2. The lowest BCUT2D eigenvalue weighted by Gasteiger charge is -2.12. The fourth-order valence-electron chi connectivity index (χ4n) is 1.13. The summed E-state index contributed by atoms with van der Waals surface area (Å²) in [5.41, 5.74) is 0.0232. The van der Waals surface area contributed by atoms with Crippen LogP contribution < -0.4 is 5.56 Å². The highest BCUT2D eigenvalue weighted by atomic mass is 127. The van der Waals surface area contributed by atoms with Gasteiger partial charge in [-0.2, -0.15) is 0 Å². The highest BCUT2D eigenvalue weighted by Crippen LogP contribution is 2.04. The van der Waals surface area contributed by atoms with Crippen LogP contribution in [0.3, 0.4) is 0 Å². The van der Waals surface area contributed by atoms with E-state index in [2.05, 4.69) is 4.98 Å². The van der Waals surface area contributed by atoms with E-state index < -0.39 is 0 Å². The van der Waals surface area contributed by atoms with Gasteiger partial charge in [-0.3, -0.25) is 9.36 Å². The number of rotatable bonds is 3. The largest absolute Gasteiger partial charge is 0.296 e. The molecule has 0 amide bonds. The summed E-state index contributed by atoms with van der Waals surface area (Å²) in [5.74, 6) is 1.58. The smallest absolute Gasteiger partial charge is 0.266 e. The Hall–Kier alpha value is -0.100. The Balaban J connectivity index is 3.07. The zero-order chi connectivity index (χ0) is 10.7. The Morgan fingerprint density at radius 1 is 1.71 bits per heavy atom. The average molecular weight is 327 g/mol. The molecule has 1 aromatic heterocycles. The van der Waals surface area contributed by atoms with Crippen LogP contribution in [0.4, 0.5) is 0 Å². The van der Waals surface area contributed by atoms with Crippen LogP contribution in [0.5, 0.6) is 0 Å². The third-order valence-corrected chi connectivity index (χ3v) is 3.23. The van der Waals surface area contributed by atoms with E-state index in [0.29, 0.717) is 16.0 Å². The van der Waals surface area contributed by atoms with Crippen molar-refractivity contribution in [3.8, 4) is 0 Å². The van der Waals surface area contributed by atoms with Gasteiger partial charge in [0, 0.05) is 18.6 Å². The van der Waals surface area contributed by atoms with Crippen molar-refractivity contribution < 1.29 is 0 Å². The van der Waals surface area contributed by atoms with Gasteiger partial charge in [0.15, 0.2) is 0 Å². The fraction of sp³-hybridized carbons (Fsp3) is 0.556. The summed E-state index contributed by atoms with van der Waals surface area (Å²) >= 11 is 7.71. The van der Waals surface area contributed by atoms with Crippen molar-refractivity contribution in [2.24, 2.45) is 5.92 Å². The van der Waals surface area contributed by atoms with Crippen LogP contribution in [-0.4, -0.2) is 15.4 Å². The van der Waals surface area contributed by atoms with Gasteiger partial charge < -0.3 is 0 Å². The predicted molar refractivity (Wildman–Crippen MR) is 65.8 cm³/mol. The molecule has 0 aliphatic rings. The summed E-state index contributed by atoms with van der Waals surface area (Å²) in [6, 6.07) is 0. The molecule has 0 N–H and O–H groups in total. The van der Waals surface area contributed by atoms with Gasteiger partial charge in [-0.15, -0.1) is 11.6 Å². The van der Waals surface area contributed by atoms with Crippen LogP contribution in [0.15, 0.2) is 11.0 Å². The molecular formula is C9H12ClIN2O. The number of aryl methyl sites for hydroxylation is 1. The summed E-state index contributed by atoms with van der Waals surface area (Å²) in [4.78, 5) is 15.9. The minimum Gasteiger partial charge on any atom is -0.296 e. The number of alkyl halides is 1. The van der Waals surface area contributed by atoms with Gasteiger partial charge in [0.2, 0.25) is 0 Å². The highest BCUT2D eigenvalue weighted by molar-refractivity contribution is 14.1. The third-order valence-electron chi connectivity index (χ3n) is 1.96. The van der Waals surface area contributed by atoms with E-state index in [1.54, 1.807) is 10.8 Å². The van der Waals surface area contributed by atoms with E-state index in [-0.39, 0.29) is 11.5 Å². The minimum atomic E-state index is 0.0232. The maximum Gasteiger partial charge on any atom is 0.266 e. The monoisotopic (exact) mass is 326 g/mol. The molecule has 1 heterocycles. The minimum absolute atomic E-state index is 0.0232. The summed E-state index contributed by atoms with van der Waals surface area (Å²) in [6.07, 6.45) is 1.60. The van der Waals surface area contributed by atoms with Crippen molar-refractivity contribution in [2.45, 2.75) is 20.4 Å². The van der Waals surface area contributed by atoms with E-state index in [1.165, 1.54) is 0 Å². The molecular weight excluding hydrogens is 314 g/mol. The molecule has 1 rings (SSSR count). The Morgan fingerprint density at radius 3 is 2.93 bits per heavy atom. The van der Waals surface area contributed by atoms with Crippen LogP contribution >= 0.6 is 34.2 Å². The van der Waals surface area contributed by atoms with Crippen LogP contribution in [0, 0.1) is 16.4 Å². The Kier molecular flexibility index (Phi) is 4.37. The zero-order valence-corrected chi connectivity index (χ0v) is 11.0. The van der Waals surface area contributed by atoms with Crippen molar-refractivity contribution in [3.63, 3.8) is 0 Å². The molecule has 1 atom stereocenters. The molecule has 0 bridgehead atoms. The molecule has 3 nitrogen and oxygen atoms in total. The van der Waals surface area contributed by atoms with Crippen LogP contribution in [0.1, 0.15) is 12.7 Å². The number of hydrogen-bond donors (Lipinski definition) is 0. The standard InChI is InChI=1S/C9H12ClIN2O/c1-6(3-10)5-13-7(2)12-4-8(11)9(13)14/h4,6H,3,5H2,1-2H3. The molecule has 0 saturated carbocycles. The summed E-state index contributed by atoms with van der Waals surface area (Å²) in [5, 5.41) is 0. The molecule has 0 saturated heterocycles. The normalized spacial score (nSPS) is 12.9. The quantitative estimate of drug-likeness (QED) is 0.629. The summed E-state index contributed by atoms with van der Waals surface area (Å²) in [7, 11) is 0. The number of nitrogens with zero attached hydrogens (tertiary/aromatic N) is 2. The molecule has 14 heavy (non-hydrogen) atoms. The SMILES string of the molecule is Cc1ncc(I)c(=O)n1CC(C)CCl. The second kappa shape index (κ2) is 5.11. The van der Waals surface area contributed by atoms with E-state index in [0.717, 1.165) is 5.82 Å². The molecule has 5 heteroatoms. The van der Waals surface area contributed by atoms with Gasteiger partial charge in [0.25, 0.3) is 5.56 Å². The lowest BCUT2D eigenvalue weighted by Crippen LogP contribution is -2.28. The van der Waals surface area contributed by atoms with Gasteiger partial charge in [0.05, 0.1) is 3.57 Å². The van der Waals surface area contributed by atoms with Crippen molar-refractivity contribution >= 4 is 34.2 Å². The van der Waals surface area contributed by atoms with E-state index in [4.69, 9.17) is 11.6 Å². The van der Waals surface area contributed by atoms with Gasteiger partial charge in [-0.1, -0.05) is 6.92 Å². The second-order valence-corrected chi connectivity index (χ2v) is 4.80. The first-order valence-corrected chi connectivity index (χ1v) is 5.95. The van der Waals surface area contributed by atoms with Crippen molar-refractivity contribution in [2.75, 3.05) is 5.88 Å². The average Bonchev–Trinajstić information content (AvgIpc) is 2.18. The van der Waals surface area contributed by atoms with Gasteiger partial charge >= 0.3 is 0 Å². The second-order valence-electron chi connectivity index (χ2n) is 3.33. The van der Waals surface area contributed by atoms with Gasteiger partial charge in [-0.25, -0.2) is 4.98 Å². The lowest BCUT2D eigenvalue weighted by atomic mass is 10.2. The third kappa shape index (κ3) is 2.70. The topological polar surface area (TPSA) is 34.9 Å². The number of halogens is 2. The lowest BCUT2D eigenvalue weighted by molar-refractivity contribution is 0.497. The maximum atomic E-state index is 11.7. The molecule has 0 aliphatic carbocycles. The number of aromatic nitrogens is 2. The molecule has 0 aliphatic heterocycles. The molecule has 0 radical (unpaired) electrons. The Morgan fingerprint density at radius 2 is 2.36 bits per heavy atom. The maximum absolute atomic E-state index is 11.7. The van der Waals surface area contributed by atoms with Gasteiger partial charge in [-0.05, 0) is 35.4 Å². The van der Waals surface area contributed by atoms with Crippen molar-refractivity contribution in [3.05, 3.63) is 25.9 Å². The molecule has 0 spiro atoms. The molecule has 1 aromatic rings. The molecule has 0 fully saturated rings. The van der Waals surface area contributed by atoms with E-state index in [1.807, 2.05) is 36.4 Å².